The maximum Gasteiger partial charge on any atom is 0.343 e. The quantitative estimate of drug-likeness (QED) is 0.344. The number of aromatic nitrogens is 5. The van der Waals surface area contributed by atoms with E-state index in [1.54, 1.807) is 11.6 Å². The Morgan fingerprint density at radius 1 is 0.917 bits per heavy atom. The van der Waals surface area contributed by atoms with Crippen molar-refractivity contribution >= 4 is 45.4 Å². The number of carbonyl (C=O) groups is 1. The molecule has 0 atom stereocenters. The summed E-state index contributed by atoms with van der Waals surface area (Å²) in [5.41, 5.74) is 2.71. The number of carbonyl (C=O) groups excluding carboxylic acids is 1. The standard InChI is InChI=1S/C27H25N7O2/c1-2-36-27(35)19-17-28-34(23-14-13-18-9-3-4-10-20(18)29-23)25(19)32-24-26(33-15-7-8-16-33)31-22-12-6-5-11-21(22)30-24/h3-6,9-14,17H,2,7-8,15-16H2,1H3,(H,30,32). The molecule has 1 aliphatic heterocycles. The molecule has 0 saturated carbocycles. The molecule has 0 aliphatic carbocycles. The summed E-state index contributed by atoms with van der Waals surface area (Å²) >= 11 is 0. The summed E-state index contributed by atoms with van der Waals surface area (Å²) in [5.74, 6) is 1.84. The van der Waals surface area contributed by atoms with Gasteiger partial charge in [-0.15, -0.1) is 0 Å². The molecule has 1 aliphatic rings. The van der Waals surface area contributed by atoms with Crippen LogP contribution in [0.25, 0.3) is 27.8 Å². The minimum Gasteiger partial charge on any atom is -0.462 e. The van der Waals surface area contributed by atoms with Crippen LogP contribution < -0.4 is 10.2 Å². The third-order valence-electron chi connectivity index (χ3n) is 6.26. The molecule has 4 heterocycles. The Balaban J connectivity index is 1.50. The monoisotopic (exact) mass is 479 g/mol. The van der Waals surface area contributed by atoms with Crippen molar-refractivity contribution in [2.24, 2.45) is 0 Å². The number of nitrogens with zero attached hydrogens (tertiary/aromatic N) is 6. The Hall–Kier alpha value is -4.53. The van der Waals surface area contributed by atoms with E-state index < -0.39 is 5.97 Å². The van der Waals surface area contributed by atoms with Crippen molar-refractivity contribution in [1.82, 2.24) is 24.7 Å². The van der Waals surface area contributed by atoms with Gasteiger partial charge in [-0.05, 0) is 50.1 Å². The zero-order valence-electron chi connectivity index (χ0n) is 19.9. The van der Waals surface area contributed by atoms with Gasteiger partial charge in [0.2, 0.25) is 0 Å². The molecule has 9 nitrogen and oxygen atoms in total. The van der Waals surface area contributed by atoms with Crippen molar-refractivity contribution in [3.63, 3.8) is 0 Å². The molecule has 0 amide bonds. The molecule has 0 spiro atoms. The molecule has 0 bridgehead atoms. The molecule has 2 aromatic carbocycles. The second-order valence-electron chi connectivity index (χ2n) is 8.60. The topological polar surface area (TPSA) is 98.1 Å². The van der Waals surface area contributed by atoms with Crippen molar-refractivity contribution in [2.75, 3.05) is 29.9 Å². The zero-order chi connectivity index (χ0) is 24.5. The molecule has 5 aromatic rings. The van der Waals surface area contributed by atoms with Crippen molar-refractivity contribution in [2.45, 2.75) is 19.8 Å². The van der Waals surface area contributed by atoms with Crippen LogP contribution >= 0.6 is 0 Å². The minimum absolute atomic E-state index is 0.256. The smallest absolute Gasteiger partial charge is 0.343 e. The van der Waals surface area contributed by atoms with E-state index in [1.165, 1.54) is 6.20 Å². The number of nitrogens with one attached hydrogen (secondary N) is 1. The van der Waals surface area contributed by atoms with Crippen LogP contribution in [0.4, 0.5) is 17.5 Å². The van der Waals surface area contributed by atoms with E-state index in [9.17, 15) is 4.79 Å². The average Bonchev–Trinajstić information content (AvgIpc) is 3.59. The van der Waals surface area contributed by atoms with E-state index in [0.717, 1.165) is 53.7 Å². The largest absolute Gasteiger partial charge is 0.462 e. The number of fused-ring (bicyclic) bond motifs is 2. The van der Waals surface area contributed by atoms with Gasteiger partial charge in [0.05, 0.1) is 29.4 Å². The van der Waals surface area contributed by atoms with Gasteiger partial charge in [0.1, 0.15) is 5.56 Å². The molecule has 1 N–H and O–H groups in total. The zero-order valence-corrected chi connectivity index (χ0v) is 19.9. The summed E-state index contributed by atoms with van der Waals surface area (Å²) in [5, 5.41) is 8.92. The Labute approximate surface area is 207 Å². The molecular weight excluding hydrogens is 454 g/mol. The summed E-state index contributed by atoms with van der Waals surface area (Å²) in [6, 6.07) is 19.5. The first-order valence-electron chi connectivity index (χ1n) is 12.1. The number of pyridine rings is 1. The van der Waals surface area contributed by atoms with Gasteiger partial charge in [0.15, 0.2) is 23.3 Å². The first kappa shape index (κ1) is 22.0. The fourth-order valence-corrected chi connectivity index (χ4v) is 4.51. The highest BCUT2D eigenvalue weighted by atomic mass is 16.5. The van der Waals surface area contributed by atoms with E-state index in [-0.39, 0.29) is 6.61 Å². The lowest BCUT2D eigenvalue weighted by atomic mass is 10.2. The van der Waals surface area contributed by atoms with E-state index in [2.05, 4.69) is 15.3 Å². The summed E-state index contributed by atoms with van der Waals surface area (Å²) in [4.78, 5) is 29.7. The van der Waals surface area contributed by atoms with Crippen LogP contribution in [-0.4, -0.2) is 50.4 Å². The van der Waals surface area contributed by atoms with Crippen LogP contribution in [0.3, 0.4) is 0 Å². The first-order valence-corrected chi connectivity index (χ1v) is 12.1. The second kappa shape index (κ2) is 9.26. The van der Waals surface area contributed by atoms with Crippen molar-refractivity contribution < 1.29 is 9.53 Å². The van der Waals surface area contributed by atoms with Crippen LogP contribution in [0.5, 0.6) is 0 Å². The first-order chi connectivity index (χ1) is 17.7. The summed E-state index contributed by atoms with van der Waals surface area (Å²) < 4.78 is 6.94. The highest BCUT2D eigenvalue weighted by molar-refractivity contribution is 5.96. The predicted octanol–water partition coefficient (Wildman–Crippen LogP) is 4.88. The normalized spacial score (nSPS) is 13.4. The fourth-order valence-electron chi connectivity index (χ4n) is 4.51. The highest BCUT2D eigenvalue weighted by Crippen LogP contribution is 2.32. The maximum atomic E-state index is 12.9. The van der Waals surface area contributed by atoms with Crippen LogP contribution in [0, 0.1) is 0 Å². The molecule has 180 valence electrons. The number of hydrogen-bond acceptors (Lipinski definition) is 8. The van der Waals surface area contributed by atoms with Crippen LogP contribution in [-0.2, 0) is 4.74 Å². The molecule has 6 rings (SSSR count). The predicted molar refractivity (Wildman–Crippen MR) is 139 cm³/mol. The summed E-state index contributed by atoms with van der Waals surface area (Å²) in [6.07, 6.45) is 3.70. The lowest BCUT2D eigenvalue weighted by Crippen LogP contribution is -2.21. The molecule has 3 aromatic heterocycles. The van der Waals surface area contributed by atoms with Gasteiger partial charge >= 0.3 is 5.97 Å². The van der Waals surface area contributed by atoms with E-state index in [0.29, 0.717) is 23.0 Å². The number of para-hydroxylation sites is 3. The highest BCUT2D eigenvalue weighted by Gasteiger charge is 2.25. The average molecular weight is 480 g/mol. The minimum atomic E-state index is -0.469. The lowest BCUT2D eigenvalue weighted by Gasteiger charge is -2.21. The van der Waals surface area contributed by atoms with Gasteiger partial charge < -0.3 is 15.0 Å². The van der Waals surface area contributed by atoms with Crippen LogP contribution in [0.2, 0.25) is 0 Å². The van der Waals surface area contributed by atoms with Gasteiger partial charge in [-0.3, -0.25) is 0 Å². The fraction of sp³-hybridized carbons (Fsp3) is 0.222. The molecular formula is C27H25N7O2. The molecule has 1 fully saturated rings. The SMILES string of the molecule is CCOC(=O)c1cnn(-c2ccc3ccccc3n2)c1Nc1nc2ccccc2nc1N1CCCC1. The molecule has 36 heavy (non-hydrogen) atoms. The van der Waals surface area contributed by atoms with Gasteiger partial charge in [-0.1, -0.05) is 30.3 Å². The van der Waals surface area contributed by atoms with Gasteiger partial charge in [0.25, 0.3) is 0 Å². The van der Waals surface area contributed by atoms with E-state index >= 15 is 0 Å². The molecule has 9 heteroatoms. The molecule has 1 saturated heterocycles. The van der Waals surface area contributed by atoms with Gasteiger partial charge in [0, 0.05) is 18.5 Å². The van der Waals surface area contributed by atoms with Crippen molar-refractivity contribution in [1.29, 1.82) is 0 Å². The Morgan fingerprint density at radius 2 is 1.64 bits per heavy atom. The Morgan fingerprint density at radius 3 is 2.42 bits per heavy atom. The second-order valence-corrected chi connectivity index (χ2v) is 8.60. The number of esters is 1. The third kappa shape index (κ3) is 3.98. The number of rotatable bonds is 6. The number of anilines is 3. The van der Waals surface area contributed by atoms with Crippen molar-refractivity contribution in [3.8, 4) is 5.82 Å². The van der Waals surface area contributed by atoms with Crippen LogP contribution in [0.15, 0.2) is 66.9 Å². The van der Waals surface area contributed by atoms with Crippen LogP contribution in [0.1, 0.15) is 30.1 Å². The lowest BCUT2D eigenvalue weighted by molar-refractivity contribution is 0.0527. The number of benzene rings is 2. The maximum absolute atomic E-state index is 12.9. The van der Waals surface area contributed by atoms with E-state index in [4.69, 9.17) is 19.7 Å². The number of hydrogen-bond donors (Lipinski definition) is 1. The molecule has 0 unspecified atom stereocenters. The Bertz CT molecular complexity index is 1570. The van der Waals surface area contributed by atoms with Crippen molar-refractivity contribution in [3.05, 3.63) is 72.4 Å². The van der Waals surface area contributed by atoms with Gasteiger partial charge in [-0.2, -0.15) is 9.78 Å². The summed E-state index contributed by atoms with van der Waals surface area (Å²) in [7, 11) is 0. The van der Waals surface area contributed by atoms with E-state index in [1.807, 2.05) is 60.7 Å². The van der Waals surface area contributed by atoms with Gasteiger partial charge in [-0.25, -0.2) is 19.7 Å². The molecule has 0 radical (unpaired) electrons. The summed E-state index contributed by atoms with van der Waals surface area (Å²) in [6.45, 7) is 3.84. The Kier molecular flexibility index (Phi) is 5.65. The number of ether oxygens (including phenoxy) is 1. The third-order valence-corrected chi connectivity index (χ3v) is 6.26.